The van der Waals surface area contributed by atoms with E-state index in [4.69, 9.17) is 8.83 Å². The number of carboxylic acid groups (broad SMARTS) is 1. The minimum atomic E-state index is -1.15. The second-order valence-corrected chi connectivity index (χ2v) is 10.6. The van der Waals surface area contributed by atoms with Gasteiger partial charge in [-0.25, -0.2) is 14.0 Å². The number of furan rings is 1. The van der Waals surface area contributed by atoms with E-state index < -0.39 is 23.5 Å². The van der Waals surface area contributed by atoms with Crippen molar-refractivity contribution < 1.29 is 27.9 Å². The molecule has 0 aliphatic rings. The molecule has 7 nitrogen and oxygen atoms in total. The number of rotatable bonds is 9. The lowest BCUT2D eigenvalue weighted by Crippen LogP contribution is -2.43. The molecule has 0 fully saturated rings. The smallest absolute Gasteiger partial charge is 0.340 e. The number of benzene rings is 3. The molecular formula is C31H26FNO6S. The molecule has 0 bridgehead atoms. The van der Waals surface area contributed by atoms with E-state index in [1.54, 1.807) is 32.2 Å². The van der Waals surface area contributed by atoms with Crippen LogP contribution in [-0.4, -0.2) is 28.8 Å². The van der Waals surface area contributed by atoms with Gasteiger partial charge in [-0.15, -0.1) is 0 Å². The van der Waals surface area contributed by atoms with Crippen LogP contribution in [0.2, 0.25) is 0 Å². The molecule has 9 heteroatoms. The van der Waals surface area contributed by atoms with Gasteiger partial charge in [-0.2, -0.15) is 11.8 Å². The van der Waals surface area contributed by atoms with Gasteiger partial charge in [-0.1, -0.05) is 42.5 Å². The molecule has 1 atom stereocenters. The lowest BCUT2D eigenvalue weighted by atomic mass is 9.97. The summed E-state index contributed by atoms with van der Waals surface area (Å²) in [5.74, 6) is -1.31. The number of fused-ring (bicyclic) bond motifs is 2. The maximum absolute atomic E-state index is 13.5. The van der Waals surface area contributed by atoms with E-state index in [9.17, 15) is 23.9 Å². The van der Waals surface area contributed by atoms with Crippen molar-refractivity contribution in [1.82, 2.24) is 5.32 Å². The third-order valence-corrected chi connectivity index (χ3v) is 7.97. The topological polar surface area (TPSA) is 110 Å². The van der Waals surface area contributed by atoms with Gasteiger partial charge in [-0.05, 0) is 48.7 Å². The molecule has 0 aliphatic carbocycles. The van der Waals surface area contributed by atoms with Crippen LogP contribution in [0.1, 0.15) is 22.3 Å². The van der Waals surface area contributed by atoms with Gasteiger partial charge in [-0.3, -0.25) is 4.79 Å². The first-order valence-corrected chi connectivity index (χ1v) is 13.7. The number of thioether (sulfide) groups is 1. The molecule has 5 rings (SSSR count). The fraction of sp³-hybridized carbons (Fsp3) is 0.194. The molecule has 5 aromatic rings. The Morgan fingerprint density at radius 3 is 2.42 bits per heavy atom. The summed E-state index contributed by atoms with van der Waals surface area (Å²) in [5, 5.41) is 13.6. The largest absolute Gasteiger partial charge is 0.480 e. The quantitative estimate of drug-likeness (QED) is 0.213. The van der Waals surface area contributed by atoms with E-state index in [2.05, 4.69) is 5.32 Å². The molecule has 0 saturated carbocycles. The van der Waals surface area contributed by atoms with Crippen LogP contribution in [0.15, 0.2) is 80.6 Å². The molecule has 1 amide bonds. The van der Waals surface area contributed by atoms with Gasteiger partial charge in [0.05, 0.1) is 18.2 Å². The zero-order chi connectivity index (χ0) is 28.4. The molecule has 40 heavy (non-hydrogen) atoms. The highest BCUT2D eigenvalue weighted by atomic mass is 32.2. The number of aryl methyl sites for hydroxylation is 2. The van der Waals surface area contributed by atoms with Gasteiger partial charge < -0.3 is 19.3 Å². The van der Waals surface area contributed by atoms with E-state index in [1.807, 2.05) is 36.4 Å². The Hall–Kier alpha value is -4.37. The molecule has 0 unspecified atom stereocenters. The second kappa shape index (κ2) is 11.4. The summed E-state index contributed by atoms with van der Waals surface area (Å²) in [6.07, 6.45) is 1.25. The van der Waals surface area contributed by atoms with Crippen molar-refractivity contribution in [1.29, 1.82) is 0 Å². The Labute approximate surface area is 233 Å². The predicted molar refractivity (Wildman–Crippen MR) is 153 cm³/mol. The fourth-order valence-corrected chi connectivity index (χ4v) is 5.71. The number of hydrogen-bond acceptors (Lipinski definition) is 6. The Morgan fingerprint density at radius 1 is 1.00 bits per heavy atom. The van der Waals surface area contributed by atoms with Crippen LogP contribution in [0.25, 0.3) is 33.1 Å². The Bertz CT molecular complexity index is 1780. The fourth-order valence-electron chi connectivity index (χ4n) is 4.70. The lowest BCUT2D eigenvalue weighted by molar-refractivity contribution is -0.141. The van der Waals surface area contributed by atoms with E-state index in [1.165, 1.54) is 23.9 Å². The molecule has 204 valence electrons. The van der Waals surface area contributed by atoms with Crippen molar-refractivity contribution in [3.63, 3.8) is 0 Å². The molecule has 2 N–H and O–H groups in total. The monoisotopic (exact) mass is 559 g/mol. The van der Waals surface area contributed by atoms with Crippen LogP contribution >= 0.6 is 11.8 Å². The second-order valence-electron chi connectivity index (χ2n) is 9.54. The van der Waals surface area contributed by atoms with Gasteiger partial charge in [0, 0.05) is 33.4 Å². The Balaban J connectivity index is 1.41. The van der Waals surface area contributed by atoms with E-state index in [0.29, 0.717) is 33.4 Å². The maximum atomic E-state index is 13.5. The van der Waals surface area contributed by atoms with Crippen molar-refractivity contribution in [3.05, 3.63) is 105 Å². The molecule has 3 aromatic carbocycles. The number of halogens is 1. The van der Waals surface area contributed by atoms with Crippen LogP contribution in [0, 0.1) is 19.7 Å². The Kier molecular flexibility index (Phi) is 7.75. The van der Waals surface area contributed by atoms with Crippen molar-refractivity contribution in [3.8, 4) is 11.1 Å². The van der Waals surface area contributed by atoms with Gasteiger partial charge in [0.1, 0.15) is 23.0 Å². The highest BCUT2D eigenvalue weighted by Crippen LogP contribution is 2.37. The zero-order valence-corrected chi connectivity index (χ0v) is 22.6. The van der Waals surface area contributed by atoms with Crippen LogP contribution in [0.3, 0.4) is 0 Å². The van der Waals surface area contributed by atoms with Gasteiger partial charge in [0.15, 0.2) is 0 Å². The number of aliphatic carboxylic acids is 1. The number of carbonyl (C=O) groups is 2. The molecule has 2 aromatic heterocycles. The average Bonchev–Trinajstić information content (AvgIpc) is 3.36. The highest BCUT2D eigenvalue weighted by Gasteiger charge is 2.23. The van der Waals surface area contributed by atoms with Crippen molar-refractivity contribution >= 4 is 45.6 Å². The van der Waals surface area contributed by atoms with Gasteiger partial charge in [0.2, 0.25) is 5.91 Å². The summed E-state index contributed by atoms with van der Waals surface area (Å²) < 4.78 is 24.9. The van der Waals surface area contributed by atoms with E-state index >= 15 is 0 Å². The minimum absolute atomic E-state index is 0.150. The van der Waals surface area contributed by atoms with Crippen molar-refractivity contribution in [2.24, 2.45) is 0 Å². The molecule has 0 radical (unpaired) electrons. The minimum Gasteiger partial charge on any atom is -0.480 e. The third kappa shape index (κ3) is 5.51. The average molecular weight is 560 g/mol. The summed E-state index contributed by atoms with van der Waals surface area (Å²) in [6.45, 7) is 3.51. The third-order valence-electron chi connectivity index (χ3n) is 6.86. The van der Waals surface area contributed by atoms with Gasteiger partial charge in [0.25, 0.3) is 0 Å². The number of carbonyl (C=O) groups excluding carboxylic acids is 1. The van der Waals surface area contributed by atoms with Crippen molar-refractivity contribution in [2.75, 3.05) is 5.75 Å². The molecular weight excluding hydrogens is 533 g/mol. The summed E-state index contributed by atoms with van der Waals surface area (Å²) in [7, 11) is 0. The highest BCUT2D eigenvalue weighted by molar-refractivity contribution is 7.98. The Morgan fingerprint density at radius 2 is 1.73 bits per heavy atom. The van der Waals surface area contributed by atoms with Crippen LogP contribution in [-0.2, 0) is 21.8 Å². The van der Waals surface area contributed by atoms with Gasteiger partial charge >= 0.3 is 11.6 Å². The first-order valence-electron chi connectivity index (χ1n) is 12.6. The number of carboxylic acids is 1. The molecule has 0 saturated heterocycles. The van der Waals surface area contributed by atoms with Crippen molar-refractivity contribution in [2.45, 2.75) is 32.1 Å². The number of nitrogens with one attached hydrogen (secondary N) is 1. The van der Waals surface area contributed by atoms with Crippen LogP contribution < -0.4 is 10.9 Å². The lowest BCUT2D eigenvalue weighted by Gasteiger charge is -2.15. The predicted octanol–water partition coefficient (Wildman–Crippen LogP) is 6.01. The summed E-state index contributed by atoms with van der Waals surface area (Å²) in [6, 6.07) is 16.4. The molecule has 2 heterocycles. The molecule has 0 spiro atoms. The van der Waals surface area contributed by atoms with E-state index in [-0.39, 0.29) is 23.6 Å². The van der Waals surface area contributed by atoms with E-state index in [0.717, 1.165) is 22.1 Å². The standard InChI is InChI=1S/C31H26FNO6S/c1-17-22-12-24-25(20-8-10-21(32)11-9-20)14-38-28(24)18(2)29(22)39-31(37)23(17)13-27(34)33-26(30(35)36)16-40-15-19-6-4-3-5-7-19/h3-12,14,26H,13,15-16H2,1-2H3,(H,33,34)(H,35,36)/t26-/m0/s1. The number of hydrogen-bond donors (Lipinski definition) is 2. The maximum Gasteiger partial charge on any atom is 0.340 e. The molecule has 0 aliphatic heterocycles. The summed E-state index contributed by atoms with van der Waals surface area (Å²) in [4.78, 5) is 37.7. The first-order chi connectivity index (χ1) is 19.2. The first kappa shape index (κ1) is 27.2. The van der Waals surface area contributed by atoms with Crippen LogP contribution in [0.4, 0.5) is 4.39 Å². The zero-order valence-electron chi connectivity index (χ0n) is 21.8. The SMILES string of the molecule is Cc1c(CC(=O)N[C@@H](CSCc2ccccc2)C(=O)O)c(=O)oc2c(C)c3occ(-c4ccc(F)cc4)c3cc12. The normalized spacial score (nSPS) is 12.1. The van der Waals surface area contributed by atoms with Crippen LogP contribution in [0.5, 0.6) is 0 Å². The summed E-state index contributed by atoms with van der Waals surface area (Å²) in [5.41, 5.74) is 4.12. The summed E-state index contributed by atoms with van der Waals surface area (Å²) >= 11 is 1.40. The number of amides is 1.